The number of carboxylic acids is 2. The number of hydrogen-bond donors (Lipinski definition) is 2. The van der Waals surface area contributed by atoms with E-state index in [-0.39, 0.29) is 6.42 Å². The average Bonchev–Trinajstić information content (AvgIpc) is 2.45. The van der Waals surface area contributed by atoms with Crippen LogP contribution in [0.4, 0.5) is 0 Å². The molecule has 0 aromatic rings. The summed E-state index contributed by atoms with van der Waals surface area (Å²) in [7, 11) is 0. The Balaban J connectivity index is 0. The van der Waals surface area contributed by atoms with Gasteiger partial charge in [0, 0.05) is 12.8 Å². The van der Waals surface area contributed by atoms with E-state index in [9.17, 15) is 9.59 Å². The Morgan fingerprint density at radius 2 is 0.952 bits per heavy atom. The van der Waals surface area contributed by atoms with Crippen LogP contribution in [0, 0.1) is 0 Å². The number of carboxylic acid groups (broad SMARTS) is 2. The second-order valence-corrected chi connectivity index (χ2v) is 5.43. The highest BCUT2D eigenvalue weighted by atomic mass is 16.4. The van der Waals surface area contributed by atoms with Crippen molar-refractivity contribution in [2.24, 2.45) is 0 Å². The molecule has 126 valence electrons. The van der Waals surface area contributed by atoms with E-state index in [0.29, 0.717) is 6.42 Å². The quantitative estimate of drug-likeness (QED) is 0.455. The molecule has 4 heteroatoms. The van der Waals surface area contributed by atoms with Crippen LogP contribution >= 0.6 is 0 Å². The van der Waals surface area contributed by atoms with Crippen LogP contribution < -0.4 is 0 Å². The molecule has 0 aromatic heterocycles. The van der Waals surface area contributed by atoms with E-state index in [4.69, 9.17) is 10.2 Å². The van der Waals surface area contributed by atoms with Crippen molar-refractivity contribution in [2.45, 2.75) is 97.3 Å². The van der Waals surface area contributed by atoms with Gasteiger partial charge in [-0.15, -0.1) is 0 Å². The zero-order chi connectivity index (χ0) is 16.3. The standard InChI is InChI=1S/C14H28O2.C3H6O2/c1-2-3-4-5-6-7-8-9-10-11-12-13-14(15)16;1-2-3(4)5/h2-13H2,1H3,(H,15,16);2H2,1H3,(H,4,5). The fraction of sp³-hybridized carbons (Fsp3) is 0.882. The molecule has 0 aliphatic rings. The molecular formula is C17H34O4. The molecule has 0 bridgehead atoms. The summed E-state index contributed by atoms with van der Waals surface area (Å²) >= 11 is 0. The highest BCUT2D eigenvalue weighted by Crippen LogP contribution is 2.11. The van der Waals surface area contributed by atoms with Crippen LogP contribution in [-0.2, 0) is 9.59 Å². The molecule has 0 amide bonds. The van der Waals surface area contributed by atoms with E-state index in [0.717, 1.165) is 12.8 Å². The lowest BCUT2D eigenvalue weighted by molar-refractivity contribution is -0.137. The van der Waals surface area contributed by atoms with Crippen molar-refractivity contribution in [1.29, 1.82) is 0 Å². The second-order valence-electron chi connectivity index (χ2n) is 5.43. The topological polar surface area (TPSA) is 74.6 Å². The molecule has 0 radical (unpaired) electrons. The first-order valence-electron chi connectivity index (χ1n) is 8.48. The van der Waals surface area contributed by atoms with E-state index >= 15 is 0 Å². The van der Waals surface area contributed by atoms with Crippen LogP contribution in [0.2, 0.25) is 0 Å². The summed E-state index contributed by atoms with van der Waals surface area (Å²) in [6.07, 6.45) is 14.6. The Bertz CT molecular complexity index is 239. The third kappa shape index (κ3) is 28.0. The molecular weight excluding hydrogens is 268 g/mol. The zero-order valence-corrected chi connectivity index (χ0v) is 13.9. The lowest BCUT2D eigenvalue weighted by atomic mass is 10.1. The molecule has 0 aliphatic heterocycles. The van der Waals surface area contributed by atoms with Crippen molar-refractivity contribution < 1.29 is 19.8 Å². The molecule has 21 heavy (non-hydrogen) atoms. The highest BCUT2D eigenvalue weighted by Gasteiger charge is 1.96. The minimum absolute atomic E-state index is 0.222. The SMILES string of the molecule is CCC(=O)O.CCCCCCCCCCCCCC(=O)O. The largest absolute Gasteiger partial charge is 0.481 e. The van der Waals surface area contributed by atoms with Crippen molar-refractivity contribution in [2.75, 3.05) is 0 Å². The second kappa shape index (κ2) is 18.9. The van der Waals surface area contributed by atoms with Crippen LogP contribution in [0.25, 0.3) is 0 Å². The summed E-state index contributed by atoms with van der Waals surface area (Å²) in [5.41, 5.74) is 0. The number of carbonyl (C=O) groups is 2. The summed E-state index contributed by atoms with van der Waals surface area (Å²) < 4.78 is 0. The molecule has 0 heterocycles. The number of unbranched alkanes of at least 4 members (excludes halogenated alkanes) is 10. The molecule has 0 rings (SSSR count). The maximum atomic E-state index is 10.3. The van der Waals surface area contributed by atoms with Crippen LogP contribution in [0.1, 0.15) is 97.3 Å². The van der Waals surface area contributed by atoms with E-state index < -0.39 is 11.9 Å². The average molecular weight is 302 g/mol. The minimum atomic E-state index is -0.745. The van der Waals surface area contributed by atoms with Gasteiger partial charge in [0.15, 0.2) is 0 Å². The predicted molar refractivity (Wildman–Crippen MR) is 86.6 cm³/mol. The maximum Gasteiger partial charge on any atom is 0.303 e. The van der Waals surface area contributed by atoms with Crippen LogP contribution in [0.3, 0.4) is 0 Å². The van der Waals surface area contributed by atoms with Crippen molar-refractivity contribution >= 4 is 11.9 Å². The molecule has 2 N–H and O–H groups in total. The smallest absolute Gasteiger partial charge is 0.303 e. The first-order chi connectivity index (χ1) is 10.0. The number of rotatable bonds is 13. The van der Waals surface area contributed by atoms with Gasteiger partial charge in [0.1, 0.15) is 0 Å². The van der Waals surface area contributed by atoms with Crippen LogP contribution in [0.15, 0.2) is 0 Å². The third-order valence-corrected chi connectivity index (χ3v) is 3.30. The summed E-state index contributed by atoms with van der Waals surface area (Å²) in [6, 6.07) is 0. The van der Waals surface area contributed by atoms with Crippen molar-refractivity contribution in [1.82, 2.24) is 0 Å². The maximum absolute atomic E-state index is 10.3. The van der Waals surface area contributed by atoms with E-state index in [1.54, 1.807) is 6.92 Å². The molecule has 0 unspecified atom stereocenters. The fourth-order valence-corrected chi connectivity index (χ4v) is 1.94. The Hall–Kier alpha value is -1.06. The normalized spacial score (nSPS) is 9.81. The van der Waals surface area contributed by atoms with Gasteiger partial charge in [-0.3, -0.25) is 9.59 Å². The van der Waals surface area contributed by atoms with Gasteiger partial charge in [-0.1, -0.05) is 78.1 Å². The molecule has 0 atom stereocenters. The van der Waals surface area contributed by atoms with Gasteiger partial charge in [-0.05, 0) is 6.42 Å². The Kier molecular flexibility index (Phi) is 20.0. The van der Waals surface area contributed by atoms with Crippen molar-refractivity contribution in [3.05, 3.63) is 0 Å². The molecule has 0 saturated carbocycles. The molecule has 0 saturated heterocycles. The molecule has 4 nitrogen and oxygen atoms in total. The van der Waals surface area contributed by atoms with Gasteiger partial charge in [-0.2, -0.15) is 0 Å². The monoisotopic (exact) mass is 302 g/mol. The third-order valence-electron chi connectivity index (χ3n) is 3.30. The van der Waals surface area contributed by atoms with E-state index in [1.165, 1.54) is 57.8 Å². The van der Waals surface area contributed by atoms with Gasteiger partial charge in [0.2, 0.25) is 0 Å². The van der Waals surface area contributed by atoms with E-state index in [2.05, 4.69) is 6.92 Å². The summed E-state index contributed by atoms with van der Waals surface area (Å²) in [5, 5.41) is 16.2. The number of aliphatic carboxylic acids is 2. The number of hydrogen-bond acceptors (Lipinski definition) is 2. The fourth-order valence-electron chi connectivity index (χ4n) is 1.94. The highest BCUT2D eigenvalue weighted by molar-refractivity contribution is 5.66. The van der Waals surface area contributed by atoms with E-state index in [1.807, 2.05) is 0 Å². The lowest BCUT2D eigenvalue weighted by Gasteiger charge is -2.01. The summed E-state index contributed by atoms with van der Waals surface area (Å²) in [6.45, 7) is 3.85. The van der Waals surface area contributed by atoms with Crippen LogP contribution in [0.5, 0.6) is 0 Å². The van der Waals surface area contributed by atoms with Gasteiger partial charge in [0.25, 0.3) is 0 Å². The molecule has 0 spiro atoms. The van der Waals surface area contributed by atoms with Crippen molar-refractivity contribution in [3.8, 4) is 0 Å². The lowest BCUT2D eigenvalue weighted by Crippen LogP contribution is -1.93. The van der Waals surface area contributed by atoms with Gasteiger partial charge < -0.3 is 10.2 Å². The van der Waals surface area contributed by atoms with Gasteiger partial charge >= 0.3 is 11.9 Å². The minimum Gasteiger partial charge on any atom is -0.481 e. The summed E-state index contributed by atoms with van der Waals surface area (Å²) in [5.74, 6) is -1.40. The van der Waals surface area contributed by atoms with Crippen molar-refractivity contribution in [3.63, 3.8) is 0 Å². The Labute approximate surface area is 129 Å². The molecule has 0 aliphatic carbocycles. The Morgan fingerprint density at radius 3 is 1.24 bits per heavy atom. The van der Waals surface area contributed by atoms with Gasteiger partial charge in [-0.25, -0.2) is 0 Å². The molecule has 0 fully saturated rings. The zero-order valence-electron chi connectivity index (χ0n) is 13.9. The first kappa shape index (κ1) is 22.2. The predicted octanol–water partition coefficient (Wildman–Crippen LogP) is 5.25. The Morgan fingerprint density at radius 1 is 0.619 bits per heavy atom. The first-order valence-corrected chi connectivity index (χ1v) is 8.48. The van der Waals surface area contributed by atoms with Gasteiger partial charge in [0.05, 0.1) is 0 Å². The van der Waals surface area contributed by atoms with Crippen LogP contribution in [-0.4, -0.2) is 22.2 Å². The molecule has 0 aromatic carbocycles. The summed E-state index contributed by atoms with van der Waals surface area (Å²) in [4.78, 5) is 19.6.